The quantitative estimate of drug-likeness (QED) is 0.0564. The van der Waals surface area contributed by atoms with Crippen LogP contribution in [0.1, 0.15) is 226 Å². The fourth-order valence-electron chi connectivity index (χ4n) is 5.28. The number of carboxylic acids is 3. The van der Waals surface area contributed by atoms with Crippen molar-refractivity contribution < 1.29 is 29.7 Å². The Morgan fingerprint density at radius 1 is 0.378 bits per heavy atom. The number of unbranched alkanes of at least 4 members (excludes halogenated alkanes) is 28. The van der Waals surface area contributed by atoms with Crippen molar-refractivity contribution in [3.05, 3.63) is 0 Å². The van der Waals surface area contributed by atoms with Crippen molar-refractivity contribution in [2.45, 2.75) is 226 Å². The summed E-state index contributed by atoms with van der Waals surface area (Å²) in [5.74, 6) is -2.64. The Morgan fingerprint density at radius 2 is 0.511 bits per heavy atom. The van der Waals surface area contributed by atoms with Gasteiger partial charge in [0, 0.05) is 18.9 Å². The normalized spacial score (nSPS) is 10.2. The van der Waals surface area contributed by atoms with Crippen LogP contribution in [0.5, 0.6) is 0 Å². The number of carbonyl (C=O) groups is 3. The van der Waals surface area contributed by atoms with Gasteiger partial charge in [-0.1, -0.05) is 194 Å². The van der Waals surface area contributed by atoms with Gasteiger partial charge in [0.2, 0.25) is 0 Å². The second kappa shape index (κ2) is 48.1. The molecular formula is C38H74CaO6. The van der Waals surface area contributed by atoms with Gasteiger partial charge < -0.3 is 24.9 Å². The molecule has 0 atom stereocenters. The Labute approximate surface area is 309 Å². The molecule has 0 spiro atoms. The Balaban J connectivity index is -0.000000327. The zero-order valence-electron chi connectivity index (χ0n) is 30.3. The predicted molar refractivity (Wildman–Crippen MR) is 188 cm³/mol. The minimum atomic E-state index is -0.903. The van der Waals surface area contributed by atoms with Gasteiger partial charge in [0.15, 0.2) is 0 Å². The van der Waals surface area contributed by atoms with Crippen LogP contribution in [-0.4, -0.2) is 60.8 Å². The maximum Gasteiger partial charge on any atom is 2.00 e. The molecule has 0 aliphatic rings. The van der Waals surface area contributed by atoms with Crippen LogP contribution in [0.4, 0.5) is 0 Å². The Hall–Kier alpha value is -0.330. The van der Waals surface area contributed by atoms with Crippen LogP contribution in [-0.2, 0) is 14.4 Å². The molecule has 0 aliphatic carbocycles. The molecule has 0 aliphatic heterocycles. The van der Waals surface area contributed by atoms with E-state index in [1.165, 1.54) is 167 Å². The maximum absolute atomic E-state index is 10.2. The number of hydrogen-bond acceptors (Lipinski definition) is 5. The van der Waals surface area contributed by atoms with Crippen molar-refractivity contribution in [2.24, 2.45) is 0 Å². The van der Waals surface area contributed by atoms with Gasteiger partial charge in [-0.25, -0.2) is 0 Å². The van der Waals surface area contributed by atoms with Gasteiger partial charge in [0.05, 0.1) is 0 Å². The second-order valence-electron chi connectivity index (χ2n) is 12.7. The Bertz CT molecular complexity index is 537. The molecular weight excluding hydrogens is 592 g/mol. The molecule has 0 bridgehead atoms. The van der Waals surface area contributed by atoms with Crippen LogP contribution < -0.4 is 10.2 Å². The molecule has 7 heteroatoms. The minimum Gasteiger partial charge on any atom is -0.550 e. The van der Waals surface area contributed by atoms with Gasteiger partial charge >= 0.3 is 37.7 Å². The molecule has 0 saturated heterocycles. The van der Waals surface area contributed by atoms with Crippen molar-refractivity contribution in [2.75, 3.05) is 0 Å². The van der Waals surface area contributed by atoms with E-state index in [0.717, 1.165) is 32.6 Å². The molecule has 0 aromatic rings. The van der Waals surface area contributed by atoms with Crippen molar-refractivity contribution in [1.82, 2.24) is 0 Å². The molecule has 0 fully saturated rings. The Kier molecular flexibility index (Phi) is 55.0. The van der Waals surface area contributed by atoms with Gasteiger partial charge in [0.25, 0.3) is 5.97 Å². The van der Waals surface area contributed by atoms with Crippen molar-refractivity contribution in [3.8, 4) is 0 Å². The van der Waals surface area contributed by atoms with E-state index in [2.05, 4.69) is 13.8 Å². The first kappa shape index (κ1) is 51.5. The zero-order valence-corrected chi connectivity index (χ0v) is 32.5. The molecule has 0 aromatic carbocycles. The van der Waals surface area contributed by atoms with Crippen LogP contribution in [0.2, 0.25) is 0 Å². The fourth-order valence-corrected chi connectivity index (χ4v) is 5.28. The van der Waals surface area contributed by atoms with Gasteiger partial charge in [-0.3, -0.25) is 4.79 Å². The molecule has 0 aromatic heterocycles. The third-order valence-electron chi connectivity index (χ3n) is 7.97. The van der Waals surface area contributed by atoms with Crippen LogP contribution in [0, 0.1) is 0 Å². The molecule has 0 amide bonds. The van der Waals surface area contributed by atoms with E-state index in [4.69, 9.17) is 9.90 Å². The third kappa shape index (κ3) is 66.9. The largest absolute Gasteiger partial charge is 2.00 e. The zero-order chi connectivity index (χ0) is 33.4. The van der Waals surface area contributed by atoms with E-state index in [9.17, 15) is 19.8 Å². The minimum absolute atomic E-state index is 0. The van der Waals surface area contributed by atoms with Gasteiger partial charge in [-0.2, -0.15) is 0 Å². The van der Waals surface area contributed by atoms with Crippen molar-refractivity contribution in [1.29, 1.82) is 0 Å². The molecule has 0 unspecified atom stereocenters. The molecule has 0 saturated carbocycles. The van der Waals surface area contributed by atoms with Crippen LogP contribution in [0.3, 0.4) is 0 Å². The number of carbonyl (C=O) groups excluding carboxylic acids is 2. The van der Waals surface area contributed by atoms with Gasteiger partial charge in [0.1, 0.15) is 0 Å². The van der Waals surface area contributed by atoms with Crippen LogP contribution in [0.25, 0.3) is 0 Å². The van der Waals surface area contributed by atoms with Gasteiger partial charge in [-0.05, 0) is 25.7 Å². The van der Waals surface area contributed by atoms with Crippen LogP contribution >= 0.6 is 0 Å². The van der Waals surface area contributed by atoms with Gasteiger partial charge in [-0.15, -0.1) is 0 Å². The summed E-state index contributed by atoms with van der Waals surface area (Å²) >= 11 is 0. The average Bonchev–Trinajstić information content (AvgIpc) is 2.97. The molecule has 0 radical (unpaired) electrons. The number of aliphatic carboxylic acids is 3. The Morgan fingerprint density at radius 3 is 0.644 bits per heavy atom. The monoisotopic (exact) mass is 667 g/mol. The summed E-state index contributed by atoms with van der Waals surface area (Å²) in [5, 5.41) is 27.9. The summed E-state index contributed by atoms with van der Waals surface area (Å²) in [6.45, 7) is 5.62. The number of rotatable bonds is 32. The first-order valence-electron chi connectivity index (χ1n) is 18.9. The topological polar surface area (TPSA) is 118 Å². The molecule has 45 heavy (non-hydrogen) atoms. The van der Waals surface area contributed by atoms with Crippen molar-refractivity contribution >= 4 is 55.6 Å². The van der Waals surface area contributed by atoms with Crippen LogP contribution in [0.15, 0.2) is 0 Å². The number of carboxylic acid groups (broad SMARTS) is 3. The summed E-state index contributed by atoms with van der Waals surface area (Å²) in [4.78, 5) is 29.4. The maximum atomic E-state index is 10.2. The second-order valence-corrected chi connectivity index (χ2v) is 12.7. The van der Waals surface area contributed by atoms with E-state index in [1.54, 1.807) is 0 Å². The molecule has 1 N–H and O–H groups in total. The van der Waals surface area contributed by atoms with E-state index in [-0.39, 0.29) is 50.6 Å². The van der Waals surface area contributed by atoms with E-state index in [1.807, 2.05) is 0 Å². The predicted octanol–water partition coefficient (Wildman–Crippen LogP) is 9.71. The first-order valence-corrected chi connectivity index (χ1v) is 18.9. The number of hydrogen-bond donors (Lipinski definition) is 1. The molecule has 0 heterocycles. The smallest absolute Gasteiger partial charge is 0.550 e. The average molecular weight is 667 g/mol. The molecule has 6 nitrogen and oxygen atoms in total. The SMILES string of the molecule is CC(=O)O.CCCCCCCCCCCCCCCCCC(=O)[O-].CCCCCCCCCCCCCCCCCC(=O)[O-].[Ca+2]. The summed E-state index contributed by atoms with van der Waals surface area (Å²) in [6, 6.07) is 0. The third-order valence-corrected chi connectivity index (χ3v) is 7.97. The summed E-state index contributed by atoms with van der Waals surface area (Å²) in [5.41, 5.74) is 0. The van der Waals surface area contributed by atoms with E-state index in [0.29, 0.717) is 0 Å². The summed E-state index contributed by atoms with van der Waals surface area (Å²) < 4.78 is 0. The van der Waals surface area contributed by atoms with Crippen molar-refractivity contribution in [3.63, 3.8) is 0 Å². The summed E-state index contributed by atoms with van der Waals surface area (Å²) in [7, 11) is 0. The van der Waals surface area contributed by atoms with E-state index >= 15 is 0 Å². The fraction of sp³-hybridized carbons (Fsp3) is 0.921. The summed E-state index contributed by atoms with van der Waals surface area (Å²) in [6.07, 6.45) is 39.7. The molecule has 264 valence electrons. The standard InChI is InChI=1S/2C18H36O2.C2H4O2.Ca/c2*1-2-3-4-5-6-7-8-9-10-11-12-13-14-15-16-17-18(19)20;1-2(3)4;/h2*2-17H2,1H3,(H,19,20);1H3,(H,3,4);/q;;;+2/p-2. The first-order chi connectivity index (χ1) is 21.3. The van der Waals surface area contributed by atoms with E-state index < -0.39 is 17.9 Å². The molecule has 0 rings (SSSR count).